The Balaban J connectivity index is 1.56. The lowest BCUT2D eigenvalue weighted by Gasteiger charge is -2.37. The number of Topliss-reactive ketones (excluding diaryl/α,β-unsaturated/α-hetero) is 3. The van der Waals surface area contributed by atoms with Crippen LogP contribution in [0.2, 0.25) is 0 Å². The molecule has 2 aliphatic heterocycles. The first-order valence-electron chi connectivity index (χ1n) is 14.2. The van der Waals surface area contributed by atoms with E-state index < -0.39 is 23.4 Å². The second kappa shape index (κ2) is 9.84. The molecule has 42 heavy (non-hydrogen) atoms. The molecular formula is C36H29NO5. The maximum Gasteiger partial charge on any atom is 0.186 e. The molecular weight excluding hydrogens is 526 g/mol. The molecule has 0 radical (unpaired) electrons. The number of fused-ring (bicyclic) bond motifs is 5. The predicted molar refractivity (Wildman–Crippen MR) is 161 cm³/mol. The normalized spacial score (nSPS) is 21.2. The van der Waals surface area contributed by atoms with E-state index in [0.717, 1.165) is 11.3 Å². The van der Waals surface area contributed by atoms with Crippen LogP contribution in [0.15, 0.2) is 103 Å². The molecule has 2 heterocycles. The number of hydrogen-bond acceptors (Lipinski definition) is 6. The van der Waals surface area contributed by atoms with Crippen LogP contribution in [0.5, 0.6) is 11.5 Å². The van der Waals surface area contributed by atoms with Gasteiger partial charge in [0, 0.05) is 33.9 Å². The Bertz CT molecular complexity index is 1750. The molecule has 6 nitrogen and oxygen atoms in total. The molecule has 0 bridgehead atoms. The van der Waals surface area contributed by atoms with Crippen molar-refractivity contribution in [2.45, 2.75) is 24.9 Å². The Hall–Kier alpha value is -4.97. The van der Waals surface area contributed by atoms with Gasteiger partial charge in [-0.15, -0.1) is 0 Å². The van der Waals surface area contributed by atoms with Crippen molar-refractivity contribution >= 4 is 29.1 Å². The van der Waals surface area contributed by atoms with Crippen molar-refractivity contribution in [3.05, 3.63) is 131 Å². The Morgan fingerprint density at radius 3 is 2.29 bits per heavy atom. The van der Waals surface area contributed by atoms with Crippen molar-refractivity contribution in [2.24, 2.45) is 5.41 Å². The van der Waals surface area contributed by atoms with Gasteiger partial charge in [-0.2, -0.15) is 0 Å². The third-order valence-corrected chi connectivity index (χ3v) is 8.89. The van der Waals surface area contributed by atoms with Gasteiger partial charge in [-0.3, -0.25) is 14.4 Å². The van der Waals surface area contributed by atoms with E-state index in [1.54, 1.807) is 55.6 Å². The number of benzene rings is 4. The van der Waals surface area contributed by atoms with Gasteiger partial charge < -0.3 is 14.4 Å². The van der Waals surface area contributed by atoms with Crippen LogP contribution in [0.25, 0.3) is 6.08 Å². The van der Waals surface area contributed by atoms with Crippen LogP contribution >= 0.6 is 0 Å². The quantitative estimate of drug-likeness (QED) is 0.202. The molecule has 7 rings (SSSR count). The summed E-state index contributed by atoms with van der Waals surface area (Å²) in [6.07, 6.45) is 3.89. The van der Waals surface area contributed by atoms with Gasteiger partial charge in [-0.1, -0.05) is 84.9 Å². The number of carbonyl (C=O) groups excluding carboxylic acids is 3. The number of para-hydroxylation sites is 2. The highest BCUT2D eigenvalue weighted by Crippen LogP contribution is 2.62. The van der Waals surface area contributed by atoms with Crippen molar-refractivity contribution in [1.82, 2.24) is 0 Å². The minimum atomic E-state index is -1.58. The fourth-order valence-corrected chi connectivity index (χ4v) is 7.23. The molecule has 0 aromatic heterocycles. The van der Waals surface area contributed by atoms with E-state index in [9.17, 15) is 14.4 Å². The first-order chi connectivity index (χ1) is 20.5. The number of rotatable bonds is 6. The minimum absolute atomic E-state index is 0.200. The molecule has 1 spiro atoms. The minimum Gasteiger partial charge on any atom is -0.497 e. The average molecular weight is 556 g/mol. The van der Waals surface area contributed by atoms with Crippen LogP contribution in [0.4, 0.5) is 5.69 Å². The van der Waals surface area contributed by atoms with Crippen molar-refractivity contribution in [1.29, 1.82) is 0 Å². The summed E-state index contributed by atoms with van der Waals surface area (Å²) in [6.45, 7) is 2.29. The number of ketones is 3. The standard InChI is InChI=1S/C36H29NO5/c1-3-42-29-18-9-7-16-27(29)31-32(33(38)23-12-10-13-24(21-23)41-2)37-28-17-8-4-11-22(28)19-20-30(37)36(31)34(39)25-14-5-6-15-26(25)35(36)40/h4-21,30-32H,3H2,1-2H3/t30-,31-,32-/m1/s1. The van der Waals surface area contributed by atoms with Crippen molar-refractivity contribution in [2.75, 3.05) is 18.6 Å². The van der Waals surface area contributed by atoms with Gasteiger partial charge in [0.1, 0.15) is 23.0 Å². The molecule has 1 aliphatic carbocycles. The van der Waals surface area contributed by atoms with E-state index in [0.29, 0.717) is 40.4 Å². The summed E-state index contributed by atoms with van der Waals surface area (Å²) in [6, 6.07) is 27.7. The summed E-state index contributed by atoms with van der Waals surface area (Å²) in [5.74, 6) is -0.461. The van der Waals surface area contributed by atoms with Crippen LogP contribution in [-0.2, 0) is 0 Å². The van der Waals surface area contributed by atoms with Crippen molar-refractivity contribution in [3.63, 3.8) is 0 Å². The van der Waals surface area contributed by atoms with Crippen LogP contribution in [0.3, 0.4) is 0 Å². The number of carbonyl (C=O) groups is 3. The number of ether oxygens (including phenoxy) is 2. The molecule has 4 aromatic carbocycles. The van der Waals surface area contributed by atoms with Gasteiger partial charge in [-0.25, -0.2) is 0 Å². The molecule has 1 fully saturated rings. The summed E-state index contributed by atoms with van der Waals surface area (Å²) in [5.41, 5.74) is 2.03. The van der Waals surface area contributed by atoms with Crippen LogP contribution in [0.1, 0.15) is 55.0 Å². The van der Waals surface area contributed by atoms with Gasteiger partial charge >= 0.3 is 0 Å². The third-order valence-electron chi connectivity index (χ3n) is 8.89. The summed E-state index contributed by atoms with van der Waals surface area (Å²) < 4.78 is 11.6. The molecule has 0 saturated carbocycles. The van der Waals surface area contributed by atoms with E-state index in [1.807, 2.05) is 72.5 Å². The summed E-state index contributed by atoms with van der Waals surface area (Å²) >= 11 is 0. The Labute approximate surface area is 244 Å². The lowest BCUT2D eigenvalue weighted by atomic mass is 9.64. The SMILES string of the molecule is CCOc1ccccc1[C@@H]1[C@H](C(=O)c2cccc(OC)c2)N2c3ccccc3C=C[C@@H]2C12C(=O)c1ccccc1C2=O. The second-order valence-electron chi connectivity index (χ2n) is 10.8. The Kier molecular flexibility index (Phi) is 6.08. The zero-order chi connectivity index (χ0) is 29.0. The molecule has 3 aliphatic rings. The molecule has 3 atom stereocenters. The zero-order valence-electron chi connectivity index (χ0n) is 23.3. The van der Waals surface area contributed by atoms with Crippen LogP contribution in [0, 0.1) is 5.41 Å². The largest absolute Gasteiger partial charge is 0.497 e. The highest BCUT2D eigenvalue weighted by Gasteiger charge is 2.71. The van der Waals surface area contributed by atoms with Gasteiger partial charge in [0.2, 0.25) is 0 Å². The van der Waals surface area contributed by atoms with E-state index in [1.165, 1.54) is 0 Å². The maximum atomic E-state index is 14.9. The van der Waals surface area contributed by atoms with E-state index in [2.05, 4.69) is 0 Å². The molecule has 0 amide bonds. The molecule has 4 aromatic rings. The van der Waals surface area contributed by atoms with Gasteiger partial charge in [0.15, 0.2) is 17.3 Å². The number of anilines is 1. The summed E-state index contributed by atoms with van der Waals surface area (Å²) in [7, 11) is 1.56. The highest BCUT2D eigenvalue weighted by molar-refractivity contribution is 6.32. The van der Waals surface area contributed by atoms with E-state index >= 15 is 0 Å². The first-order valence-corrected chi connectivity index (χ1v) is 14.2. The van der Waals surface area contributed by atoms with Crippen LogP contribution < -0.4 is 14.4 Å². The van der Waals surface area contributed by atoms with E-state index in [-0.39, 0.29) is 17.3 Å². The zero-order valence-corrected chi connectivity index (χ0v) is 23.3. The van der Waals surface area contributed by atoms with Crippen molar-refractivity contribution in [3.8, 4) is 11.5 Å². The van der Waals surface area contributed by atoms with Gasteiger partial charge in [0.25, 0.3) is 0 Å². The number of hydrogen-bond donors (Lipinski definition) is 0. The maximum absolute atomic E-state index is 14.9. The topological polar surface area (TPSA) is 72.9 Å². The number of nitrogens with zero attached hydrogens (tertiary/aromatic N) is 1. The highest BCUT2D eigenvalue weighted by atomic mass is 16.5. The van der Waals surface area contributed by atoms with Crippen LogP contribution in [-0.4, -0.2) is 43.2 Å². The Morgan fingerprint density at radius 2 is 1.55 bits per heavy atom. The van der Waals surface area contributed by atoms with Gasteiger partial charge in [0.05, 0.1) is 19.8 Å². The molecule has 0 N–H and O–H groups in total. The number of methoxy groups -OCH3 is 1. The molecule has 0 unspecified atom stereocenters. The fraction of sp³-hybridized carbons (Fsp3) is 0.194. The van der Waals surface area contributed by atoms with Gasteiger partial charge in [-0.05, 0) is 36.8 Å². The fourth-order valence-electron chi connectivity index (χ4n) is 7.23. The summed E-state index contributed by atoms with van der Waals surface area (Å²) in [5, 5.41) is 0. The summed E-state index contributed by atoms with van der Waals surface area (Å²) in [4.78, 5) is 46.5. The van der Waals surface area contributed by atoms with E-state index in [4.69, 9.17) is 9.47 Å². The lowest BCUT2D eigenvalue weighted by Crippen LogP contribution is -2.48. The monoisotopic (exact) mass is 555 g/mol. The molecule has 208 valence electrons. The predicted octanol–water partition coefficient (Wildman–Crippen LogP) is 6.41. The molecule has 1 saturated heterocycles. The smallest absolute Gasteiger partial charge is 0.186 e. The lowest BCUT2D eigenvalue weighted by molar-refractivity contribution is 0.0664. The Morgan fingerprint density at radius 1 is 0.857 bits per heavy atom. The van der Waals surface area contributed by atoms with Crippen molar-refractivity contribution < 1.29 is 23.9 Å². The second-order valence-corrected chi connectivity index (χ2v) is 10.8. The average Bonchev–Trinajstić information content (AvgIpc) is 3.47. The third kappa shape index (κ3) is 3.48. The first kappa shape index (κ1) is 26.0. The molecule has 6 heteroatoms.